The first-order valence-electron chi connectivity index (χ1n) is 10.6. The zero-order valence-corrected chi connectivity index (χ0v) is 19.5. The van der Waals surface area contributed by atoms with Crippen molar-refractivity contribution in [3.8, 4) is 17.2 Å². The Morgan fingerprint density at radius 2 is 1.44 bits per heavy atom. The van der Waals surface area contributed by atoms with Crippen molar-refractivity contribution in [1.82, 2.24) is 0 Å². The molecule has 0 aliphatic carbocycles. The SMILES string of the molecule is COc1cccc(CC(c2ccc(OC)c(OCc3ccccc3)c2)C(C)(OC)OC)c1. The Morgan fingerprint density at radius 3 is 2.09 bits per heavy atom. The molecule has 3 aromatic carbocycles. The summed E-state index contributed by atoms with van der Waals surface area (Å²) >= 11 is 0. The van der Waals surface area contributed by atoms with Crippen LogP contribution >= 0.6 is 0 Å². The number of ether oxygens (including phenoxy) is 5. The lowest BCUT2D eigenvalue weighted by molar-refractivity contribution is -0.208. The van der Waals surface area contributed by atoms with Crippen LogP contribution in [0.5, 0.6) is 17.2 Å². The topological polar surface area (TPSA) is 46.2 Å². The summed E-state index contributed by atoms with van der Waals surface area (Å²) in [4.78, 5) is 0. The summed E-state index contributed by atoms with van der Waals surface area (Å²) < 4.78 is 28.8. The maximum Gasteiger partial charge on any atom is 0.171 e. The highest BCUT2D eigenvalue weighted by Gasteiger charge is 2.36. The van der Waals surface area contributed by atoms with Crippen molar-refractivity contribution < 1.29 is 23.7 Å². The Hall–Kier alpha value is -3.02. The zero-order valence-electron chi connectivity index (χ0n) is 19.5. The van der Waals surface area contributed by atoms with Gasteiger partial charge in [-0.2, -0.15) is 0 Å². The Balaban J connectivity index is 1.95. The molecule has 0 aliphatic heterocycles. The molecule has 0 aliphatic rings. The molecule has 0 radical (unpaired) electrons. The standard InChI is InChI=1S/C27H32O5/c1-27(30-4,31-5)24(17-21-12-9-13-23(16-21)28-2)22-14-15-25(29-3)26(18-22)32-19-20-10-7-6-8-11-20/h6-16,18,24H,17,19H2,1-5H3. The van der Waals surface area contributed by atoms with E-state index in [1.54, 1.807) is 28.4 Å². The molecule has 3 aromatic rings. The molecular weight excluding hydrogens is 404 g/mol. The zero-order chi connectivity index (χ0) is 23.0. The molecule has 0 heterocycles. The van der Waals surface area contributed by atoms with Gasteiger partial charge in [0.1, 0.15) is 12.4 Å². The molecule has 0 bridgehead atoms. The van der Waals surface area contributed by atoms with E-state index < -0.39 is 5.79 Å². The van der Waals surface area contributed by atoms with E-state index in [9.17, 15) is 0 Å². The lowest BCUT2D eigenvalue weighted by Gasteiger charge is -2.36. The number of rotatable bonds is 11. The van der Waals surface area contributed by atoms with Gasteiger partial charge in [-0.15, -0.1) is 0 Å². The second-order valence-corrected chi connectivity index (χ2v) is 7.72. The first kappa shape index (κ1) is 23.6. The Bertz CT molecular complexity index is 982. The van der Waals surface area contributed by atoms with Crippen LogP contribution in [0, 0.1) is 0 Å². The van der Waals surface area contributed by atoms with Crippen LogP contribution in [0.25, 0.3) is 0 Å². The van der Waals surface area contributed by atoms with Crippen molar-refractivity contribution in [2.45, 2.75) is 31.7 Å². The first-order chi connectivity index (χ1) is 15.5. The van der Waals surface area contributed by atoms with Crippen molar-refractivity contribution in [3.63, 3.8) is 0 Å². The summed E-state index contributed by atoms with van der Waals surface area (Å²) in [6.45, 7) is 2.40. The Labute approximate surface area is 190 Å². The summed E-state index contributed by atoms with van der Waals surface area (Å²) in [7, 11) is 6.65. The van der Waals surface area contributed by atoms with Gasteiger partial charge in [0.15, 0.2) is 17.3 Å². The molecule has 0 saturated heterocycles. The Kier molecular flexibility index (Phi) is 8.14. The molecule has 5 heteroatoms. The van der Waals surface area contributed by atoms with E-state index in [4.69, 9.17) is 23.7 Å². The smallest absolute Gasteiger partial charge is 0.171 e. The molecular formula is C27H32O5. The predicted molar refractivity (Wildman–Crippen MR) is 126 cm³/mol. The molecule has 5 nitrogen and oxygen atoms in total. The lowest BCUT2D eigenvalue weighted by atomic mass is 9.85. The summed E-state index contributed by atoms with van der Waals surface area (Å²) in [6.07, 6.45) is 0.694. The molecule has 0 fully saturated rings. The quantitative estimate of drug-likeness (QED) is 0.365. The van der Waals surface area contributed by atoms with Gasteiger partial charge in [-0.3, -0.25) is 0 Å². The molecule has 0 saturated carbocycles. The average molecular weight is 437 g/mol. The van der Waals surface area contributed by atoms with Crippen LogP contribution in [-0.2, 0) is 22.5 Å². The van der Waals surface area contributed by atoms with Gasteiger partial charge in [0.25, 0.3) is 0 Å². The van der Waals surface area contributed by atoms with E-state index in [1.807, 2.05) is 73.7 Å². The third-order valence-corrected chi connectivity index (χ3v) is 5.84. The van der Waals surface area contributed by atoms with E-state index in [0.717, 1.165) is 22.4 Å². The van der Waals surface area contributed by atoms with Crippen LogP contribution < -0.4 is 14.2 Å². The minimum Gasteiger partial charge on any atom is -0.497 e. The van der Waals surface area contributed by atoms with Crippen LogP contribution in [0.2, 0.25) is 0 Å². The van der Waals surface area contributed by atoms with Crippen molar-refractivity contribution in [1.29, 1.82) is 0 Å². The molecule has 0 spiro atoms. The third kappa shape index (κ3) is 5.61. The third-order valence-electron chi connectivity index (χ3n) is 5.84. The van der Waals surface area contributed by atoms with Gasteiger partial charge in [0, 0.05) is 20.1 Å². The Morgan fingerprint density at radius 1 is 0.719 bits per heavy atom. The maximum absolute atomic E-state index is 6.14. The average Bonchev–Trinajstić information content (AvgIpc) is 2.86. The summed E-state index contributed by atoms with van der Waals surface area (Å²) in [5.74, 6) is 1.24. The molecule has 3 rings (SSSR count). The summed E-state index contributed by atoms with van der Waals surface area (Å²) in [5.41, 5.74) is 3.24. The number of methoxy groups -OCH3 is 4. The molecule has 0 amide bonds. The largest absolute Gasteiger partial charge is 0.497 e. The minimum absolute atomic E-state index is 0.102. The number of hydrogen-bond donors (Lipinski definition) is 0. The summed E-state index contributed by atoms with van der Waals surface area (Å²) in [5, 5.41) is 0. The number of hydrogen-bond acceptors (Lipinski definition) is 5. The van der Waals surface area contributed by atoms with Crippen LogP contribution in [0.3, 0.4) is 0 Å². The molecule has 0 N–H and O–H groups in total. The van der Waals surface area contributed by atoms with E-state index >= 15 is 0 Å². The summed E-state index contributed by atoms with van der Waals surface area (Å²) in [6, 6.07) is 24.1. The molecule has 170 valence electrons. The van der Waals surface area contributed by atoms with Crippen molar-refractivity contribution in [2.75, 3.05) is 28.4 Å². The van der Waals surface area contributed by atoms with Crippen LogP contribution in [0.15, 0.2) is 72.8 Å². The lowest BCUT2D eigenvalue weighted by Crippen LogP contribution is -2.38. The second kappa shape index (κ2) is 11.0. The minimum atomic E-state index is -0.839. The van der Waals surface area contributed by atoms with Gasteiger partial charge in [0.05, 0.1) is 14.2 Å². The highest BCUT2D eigenvalue weighted by molar-refractivity contribution is 5.45. The van der Waals surface area contributed by atoms with Crippen LogP contribution in [0.4, 0.5) is 0 Å². The monoisotopic (exact) mass is 436 g/mol. The highest BCUT2D eigenvalue weighted by atomic mass is 16.7. The van der Waals surface area contributed by atoms with Gasteiger partial charge >= 0.3 is 0 Å². The normalized spacial score (nSPS) is 12.3. The van der Waals surface area contributed by atoms with E-state index in [-0.39, 0.29) is 5.92 Å². The van der Waals surface area contributed by atoms with E-state index in [0.29, 0.717) is 24.5 Å². The van der Waals surface area contributed by atoms with Gasteiger partial charge in [-0.05, 0) is 54.3 Å². The predicted octanol–water partition coefficient (Wildman–Crippen LogP) is 5.62. The molecule has 32 heavy (non-hydrogen) atoms. The fourth-order valence-corrected chi connectivity index (χ4v) is 3.77. The van der Waals surface area contributed by atoms with E-state index in [1.165, 1.54) is 0 Å². The van der Waals surface area contributed by atoms with Gasteiger partial charge in [0.2, 0.25) is 0 Å². The van der Waals surface area contributed by atoms with Gasteiger partial charge in [-0.1, -0.05) is 48.5 Å². The molecule has 0 aromatic heterocycles. The maximum atomic E-state index is 6.14. The fraction of sp³-hybridized carbons (Fsp3) is 0.333. The van der Waals surface area contributed by atoms with Gasteiger partial charge < -0.3 is 23.7 Å². The number of benzene rings is 3. The van der Waals surface area contributed by atoms with Crippen molar-refractivity contribution >= 4 is 0 Å². The van der Waals surface area contributed by atoms with E-state index in [2.05, 4.69) is 6.07 Å². The second-order valence-electron chi connectivity index (χ2n) is 7.72. The highest BCUT2D eigenvalue weighted by Crippen LogP contribution is 2.39. The van der Waals surface area contributed by atoms with Crippen LogP contribution in [-0.4, -0.2) is 34.2 Å². The van der Waals surface area contributed by atoms with Gasteiger partial charge in [-0.25, -0.2) is 0 Å². The van der Waals surface area contributed by atoms with Crippen molar-refractivity contribution in [2.24, 2.45) is 0 Å². The van der Waals surface area contributed by atoms with Crippen LogP contribution in [0.1, 0.15) is 29.5 Å². The molecule has 1 atom stereocenters. The molecule has 1 unspecified atom stereocenters. The first-order valence-corrected chi connectivity index (χ1v) is 10.6. The fourth-order valence-electron chi connectivity index (χ4n) is 3.77. The van der Waals surface area contributed by atoms with Crippen molar-refractivity contribution in [3.05, 3.63) is 89.5 Å².